The number of rotatable bonds is 6. The van der Waals surface area contributed by atoms with Crippen molar-refractivity contribution in [2.24, 2.45) is 0 Å². The first-order valence-corrected chi connectivity index (χ1v) is 12.6. The molecule has 0 radical (unpaired) electrons. The van der Waals surface area contributed by atoms with Gasteiger partial charge in [0.25, 0.3) is 5.91 Å². The minimum atomic E-state index is -0.304. The number of hydrogen-bond acceptors (Lipinski definition) is 6. The third-order valence-corrected chi connectivity index (χ3v) is 7.44. The van der Waals surface area contributed by atoms with Crippen molar-refractivity contribution in [1.82, 2.24) is 9.88 Å². The van der Waals surface area contributed by atoms with Gasteiger partial charge in [0.1, 0.15) is 11.5 Å². The number of halogens is 1. The van der Waals surface area contributed by atoms with Gasteiger partial charge in [0.15, 0.2) is 11.5 Å². The fraction of sp³-hybridized carbons (Fsp3) is 0.346. The number of hydrogen-bond donors (Lipinski definition) is 0. The lowest BCUT2D eigenvalue weighted by molar-refractivity contribution is -0.131. The molecule has 0 N–H and O–H groups in total. The van der Waals surface area contributed by atoms with Crippen molar-refractivity contribution in [2.75, 3.05) is 31.3 Å². The van der Waals surface area contributed by atoms with Crippen LogP contribution in [0.3, 0.4) is 0 Å². The van der Waals surface area contributed by atoms with Gasteiger partial charge in [-0.1, -0.05) is 12.1 Å². The average molecular weight is 496 g/mol. The van der Waals surface area contributed by atoms with Crippen molar-refractivity contribution in [3.05, 3.63) is 69.9 Å². The summed E-state index contributed by atoms with van der Waals surface area (Å²) < 4.78 is 23.9. The summed E-state index contributed by atoms with van der Waals surface area (Å²) >= 11 is 1.50. The number of carbonyl (C=O) groups excluding carboxylic acids is 2. The number of likely N-dealkylation sites (tertiary alicyclic amines) is 1. The Balaban J connectivity index is 1.20. The Morgan fingerprint density at radius 1 is 1.11 bits per heavy atom. The maximum Gasteiger partial charge on any atom is 0.277 e. The predicted octanol–water partition coefficient (Wildman–Crippen LogP) is 4.63. The highest BCUT2D eigenvalue weighted by Gasteiger charge is 2.28. The van der Waals surface area contributed by atoms with Crippen LogP contribution in [0.1, 0.15) is 46.7 Å². The molecule has 182 valence electrons. The van der Waals surface area contributed by atoms with E-state index in [0.717, 1.165) is 29.1 Å². The smallest absolute Gasteiger partial charge is 0.277 e. The zero-order valence-corrected chi connectivity index (χ0v) is 20.2. The molecule has 0 spiro atoms. The maximum absolute atomic E-state index is 13.2. The van der Waals surface area contributed by atoms with E-state index in [1.807, 2.05) is 35.4 Å². The van der Waals surface area contributed by atoms with E-state index < -0.39 is 0 Å². The van der Waals surface area contributed by atoms with Gasteiger partial charge < -0.3 is 19.3 Å². The fourth-order valence-corrected chi connectivity index (χ4v) is 5.44. The quantitative estimate of drug-likeness (QED) is 0.499. The number of benzene rings is 2. The van der Waals surface area contributed by atoms with Gasteiger partial charge in [-0.25, -0.2) is 9.37 Å². The number of anilines is 1. The SMILES string of the molecule is CCN(C(=O)c1csc(C2CCN(C(=O)Cc3ccc(F)cc3)CC2)n1)c1ccc2c(c1)OCO2. The number of thiazole rings is 1. The molecular formula is C26H26FN3O4S. The highest BCUT2D eigenvalue weighted by atomic mass is 32.1. The fourth-order valence-electron chi connectivity index (χ4n) is 4.47. The van der Waals surface area contributed by atoms with Crippen molar-refractivity contribution in [1.29, 1.82) is 0 Å². The summed E-state index contributed by atoms with van der Waals surface area (Å²) in [6.45, 7) is 3.90. The molecule has 1 fully saturated rings. The van der Waals surface area contributed by atoms with E-state index in [2.05, 4.69) is 4.98 Å². The van der Waals surface area contributed by atoms with Gasteiger partial charge in [-0.05, 0) is 49.6 Å². The molecule has 9 heteroatoms. The molecule has 0 unspecified atom stereocenters. The third kappa shape index (κ3) is 5.00. The van der Waals surface area contributed by atoms with E-state index in [4.69, 9.17) is 9.47 Å². The first kappa shape index (κ1) is 23.3. The van der Waals surface area contributed by atoms with Crippen LogP contribution in [0.2, 0.25) is 0 Å². The lowest BCUT2D eigenvalue weighted by Gasteiger charge is -2.31. The standard InChI is InChI=1S/C26H26FN3O4S/c1-2-30(20-7-8-22-23(14-20)34-16-33-22)26(32)21-15-35-25(28-21)18-9-11-29(12-10-18)24(31)13-17-3-5-19(27)6-4-17/h3-8,14-15,18H,2,9-13,16H2,1H3. The Morgan fingerprint density at radius 3 is 2.60 bits per heavy atom. The molecular weight excluding hydrogens is 469 g/mol. The molecule has 3 heterocycles. The van der Waals surface area contributed by atoms with Crippen LogP contribution in [0.5, 0.6) is 11.5 Å². The number of fused-ring (bicyclic) bond motifs is 1. The number of nitrogens with zero attached hydrogens (tertiary/aromatic N) is 3. The molecule has 0 bridgehead atoms. The average Bonchev–Trinajstić information content (AvgIpc) is 3.56. The van der Waals surface area contributed by atoms with E-state index in [-0.39, 0.29) is 36.8 Å². The second kappa shape index (κ2) is 10.0. The topological polar surface area (TPSA) is 72.0 Å². The maximum atomic E-state index is 13.2. The molecule has 0 saturated carbocycles. The molecule has 0 aliphatic carbocycles. The van der Waals surface area contributed by atoms with Crippen molar-refractivity contribution in [3.8, 4) is 11.5 Å². The minimum Gasteiger partial charge on any atom is -0.454 e. The van der Waals surface area contributed by atoms with Crippen LogP contribution in [0.25, 0.3) is 0 Å². The summed E-state index contributed by atoms with van der Waals surface area (Å²) in [5.74, 6) is 1.12. The molecule has 2 amide bonds. The molecule has 2 aliphatic heterocycles. The molecule has 35 heavy (non-hydrogen) atoms. The summed E-state index contributed by atoms with van der Waals surface area (Å²) in [6, 6.07) is 11.5. The number of ether oxygens (including phenoxy) is 2. The molecule has 7 nitrogen and oxygen atoms in total. The summed E-state index contributed by atoms with van der Waals surface area (Å²) in [4.78, 5) is 34.1. The van der Waals surface area contributed by atoms with E-state index in [1.54, 1.807) is 17.0 Å². The molecule has 1 aromatic heterocycles. The van der Waals surface area contributed by atoms with Crippen LogP contribution >= 0.6 is 11.3 Å². The molecule has 2 aliphatic rings. The van der Waals surface area contributed by atoms with Crippen LogP contribution in [0.15, 0.2) is 47.8 Å². The van der Waals surface area contributed by atoms with Crippen LogP contribution in [-0.4, -0.2) is 48.1 Å². The second-order valence-electron chi connectivity index (χ2n) is 8.62. The predicted molar refractivity (Wildman–Crippen MR) is 131 cm³/mol. The lowest BCUT2D eigenvalue weighted by Crippen LogP contribution is -2.38. The van der Waals surface area contributed by atoms with Crippen LogP contribution in [0.4, 0.5) is 10.1 Å². The van der Waals surface area contributed by atoms with Gasteiger partial charge in [-0.3, -0.25) is 9.59 Å². The van der Waals surface area contributed by atoms with Crippen LogP contribution in [-0.2, 0) is 11.2 Å². The Labute approximate surface area is 207 Å². The highest BCUT2D eigenvalue weighted by molar-refractivity contribution is 7.10. The Kier molecular flexibility index (Phi) is 6.68. The van der Waals surface area contributed by atoms with Gasteiger partial charge in [0, 0.05) is 42.7 Å². The Hall–Kier alpha value is -3.46. The summed E-state index contributed by atoms with van der Waals surface area (Å²) in [5.41, 5.74) is 1.98. The summed E-state index contributed by atoms with van der Waals surface area (Å²) in [7, 11) is 0. The zero-order valence-electron chi connectivity index (χ0n) is 19.4. The van der Waals surface area contributed by atoms with Crippen LogP contribution in [0, 0.1) is 5.82 Å². The van der Waals surface area contributed by atoms with Gasteiger partial charge in [-0.15, -0.1) is 11.3 Å². The van der Waals surface area contributed by atoms with E-state index in [9.17, 15) is 14.0 Å². The molecule has 0 atom stereocenters. The van der Waals surface area contributed by atoms with Crippen molar-refractivity contribution in [2.45, 2.75) is 32.1 Å². The van der Waals surface area contributed by atoms with Gasteiger partial charge in [-0.2, -0.15) is 0 Å². The Bertz CT molecular complexity index is 1220. The number of piperidine rings is 1. The molecule has 1 saturated heterocycles. The zero-order chi connectivity index (χ0) is 24.4. The van der Waals surface area contributed by atoms with Gasteiger partial charge >= 0.3 is 0 Å². The number of carbonyl (C=O) groups is 2. The molecule has 2 aromatic carbocycles. The molecule has 5 rings (SSSR count). The third-order valence-electron chi connectivity index (χ3n) is 6.44. The largest absolute Gasteiger partial charge is 0.454 e. The van der Waals surface area contributed by atoms with Crippen molar-refractivity contribution < 1.29 is 23.5 Å². The monoisotopic (exact) mass is 495 g/mol. The summed E-state index contributed by atoms with van der Waals surface area (Å²) in [6.07, 6.45) is 1.87. The minimum absolute atomic E-state index is 0.0485. The molecule has 3 aromatic rings. The first-order chi connectivity index (χ1) is 17.0. The lowest BCUT2D eigenvalue weighted by atomic mass is 9.97. The number of amides is 2. The Morgan fingerprint density at radius 2 is 1.86 bits per heavy atom. The van der Waals surface area contributed by atoms with Gasteiger partial charge in [0.05, 0.1) is 11.4 Å². The van der Waals surface area contributed by atoms with E-state index in [1.165, 1.54) is 23.5 Å². The van der Waals surface area contributed by atoms with Crippen molar-refractivity contribution in [3.63, 3.8) is 0 Å². The van der Waals surface area contributed by atoms with Crippen LogP contribution < -0.4 is 14.4 Å². The van der Waals surface area contributed by atoms with Crippen molar-refractivity contribution >= 4 is 28.8 Å². The van der Waals surface area contributed by atoms with E-state index in [0.29, 0.717) is 36.8 Å². The first-order valence-electron chi connectivity index (χ1n) is 11.7. The number of aromatic nitrogens is 1. The van der Waals surface area contributed by atoms with Gasteiger partial charge in [0.2, 0.25) is 12.7 Å². The second-order valence-corrected chi connectivity index (χ2v) is 9.51. The summed E-state index contributed by atoms with van der Waals surface area (Å²) in [5, 5.41) is 2.75. The normalized spacial score (nSPS) is 15.3. The van der Waals surface area contributed by atoms with E-state index >= 15 is 0 Å². The highest BCUT2D eigenvalue weighted by Crippen LogP contribution is 2.36.